The molecule has 0 bridgehead atoms. The molecular formula is C9H11N5. The summed E-state index contributed by atoms with van der Waals surface area (Å²) in [7, 11) is 0. The fourth-order valence-electron chi connectivity index (χ4n) is 1.15. The Morgan fingerprint density at radius 1 is 1.29 bits per heavy atom. The highest BCUT2D eigenvalue weighted by Gasteiger charge is 1.98. The first-order chi connectivity index (χ1) is 6.90. The zero-order valence-corrected chi connectivity index (χ0v) is 7.67. The molecule has 0 aliphatic carbocycles. The average Bonchev–Trinajstić information content (AvgIpc) is 2.72. The standard InChI is InChI=1S/C9H11N5/c10-2-1-8-5-12-9(13-6-8)14-4-3-11-7-14/h3-7H,1-2,10H2. The maximum Gasteiger partial charge on any atom is 0.234 e. The first-order valence-corrected chi connectivity index (χ1v) is 4.39. The predicted molar refractivity (Wildman–Crippen MR) is 51.9 cm³/mol. The van der Waals surface area contributed by atoms with E-state index in [-0.39, 0.29) is 0 Å². The van der Waals surface area contributed by atoms with Crippen molar-refractivity contribution in [3.8, 4) is 5.95 Å². The number of hydrogen-bond acceptors (Lipinski definition) is 4. The Balaban J connectivity index is 2.22. The van der Waals surface area contributed by atoms with Crippen LogP contribution in [-0.4, -0.2) is 26.1 Å². The molecule has 0 saturated heterocycles. The number of hydrogen-bond donors (Lipinski definition) is 1. The van der Waals surface area contributed by atoms with Gasteiger partial charge in [0.2, 0.25) is 5.95 Å². The van der Waals surface area contributed by atoms with Crippen molar-refractivity contribution >= 4 is 0 Å². The van der Waals surface area contributed by atoms with Gasteiger partial charge in [-0.1, -0.05) is 0 Å². The van der Waals surface area contributed by atoms with Gasteiger partial charge in [-0.25, -0.2) is 15.0 Å². The first kappa shape index (κ1) is 8.83. The highest BCUT2D eigenvalue weighted by Crippen LogP contribution is 2.00. The third-order valence-corrected chi connectivity index (χ3v) is 1.86. The van der Waals surface area contributed by atoms with Crippen molar-refractivity contribution in [2.75, 3.05) is 6.54 Å². The number of imidazole rings is 1. The molecule has 72 valence electrons. The summed E-state index contributed by atoms with van der Waals surface area (Å²) >= 11 is 0. The van der Waals surface area contributed by atoms with Gasteiger partial charge in [0.1, 0.15) is 6.33 Å². The maximum absolute atomic E-state index is 5.42. The number of aromatic nitrogens is 4. The van der Waals surface area contributed by atoms with Gasteiger partial charge in [0, 0.05) is 24.8 Å². The van der Waals surface area contributed by atoms with Gasteiger partial charge in [-0.05, 0) is 18.5 Å². The van der Waals surface area contributed by atoms with Crippen molar-refractivity contribution < 1.29 is 0 Å². The number of rotatable bonds is 3. The zero-order chi connectivity index (χ0) is 9.80. The Morgan fingerprint density at radius 3 is 2.64 bits per heavy atom. The SMILES string of the molecule is NCCc1cnc(-n2ccnc2)nc1. The molecular weight excluding hydrogens is 178 g/mol. The van der Waals surface area contributed by atoms with Gasteiger partial charge in [-0.15, -0.1) is 0 Å². The molecule has 14 heavy (non-hydrogen) atoms. The molecule has 5 nitrogen and oxygen atoms in total. The lowest BCUT2D eigenvalue weighted by Gasteiger charge is -2.00. The van der Waals surface area contributed by atoms with Crippen molar-refractivity contribution in [1.29, 1.82) is 0 Å². The summed E-state index contributed by atoms with van der Waals surface area (Å²) in [6, 6.07) is 0. The van der Waals surface area contributed by atoms with Crippen LogP contribution in [0.1, 0.15) is 5.56 Å². The summed E-state index contributed by atoms with van der Waals surface area (Å²) in [4.78, 5) is 12.3. The number of nitrogens with two attached hydrogens (primary N) is 1. The van der Waals surface area contributed by atoms with Crippen LogP contribution < -0.4 is 5.73 Å². The van der Waals surface area contributed by atoms with E-state index in [4.69, 9.17) is 5.73 Å². The molecule has 0 unspecified atom stereocenters. The predicted octanol–water partition coefficient (Wildman–Crippen LogP) is 0.163. The fourth-order valence-corrected chi connectivity index (χ4v) is 1.15. The van der Waals surface area contributed by atoms with Gasteiger partial charge in [0.05, 0.1) is 0 Å². The molecule has 2 rings (SSSR count). The Bertz CT molecular complexity index is 378. The molecule has 2 aromatic rings. The molecule has 2 N–H and O–H groups in total. The zero-order valence-electron chi connectivity index (χ0n) is 7.67. The Labute approximate surface area is 81.6 Å². The minimum absolute atomic E-state index is 0.619. The largest absolute Gasteiger partial charge is 0.330 e. The van der Waals surface area contributed by atoms with Crippen LogP contribution in [0.25, 0.3) is 5.95 Å². The molecule has 0 aliphatic rings. The smallest absolute Gasteiger partial charge is 0.234 e. The molecule has 0 spiro atoms. The number of nitrogens with zero attached hydrogens (tertiary/aromatic N) is 4. The van der Waals surface area contributed by atoms with Crippen molar-refractivity contribution in [2.45, 2.75) is 6.42 Å². The van der Waals surface area contributed by atoms with E-state index in [1.165, 1.54) is 0 Å². The second-order valence-corrected chi connectivity index (χ2v) is 2.90. The van der Waals surface area contributed by atoms with Crippen LogP contribution in [0.15, 0.2) is 31.1 Å². The second-order valence-electron chi connectivity index (χ2n) is 2.90. The van der Waals surface area contributed by atoms with Crippen LogP contribution in [0.2, 0.25) is 0 Å². The van der Waals surface area contributed by atoms with Crippen LogP contribution in [0.3, 0.4) is 0 Å². The lowest BCUT2D eigenvalue weighted by molar-refractivity contribution is 0.887. The summed E-state index contributed by atoms with van der Waals surface area (Å²) < 4.78 is 1.76. The third-order valence-electron chi connectivity index (χ3n) is 1.86. The molecule has 0 fully saturated rings. The molecule has 0 amide bonds. The van der Waals surface area contributed by atoms with E-state index in [0.29, 0.717) is 12.5 Å². The van der Waals surface area contributed by atoms with Gasteiger partial charge in [-0.2, -0.15) is 0 Å². The van der Waals surface area contributed by atoms with Gasteiger partial charge in [0.15, 0.2) is 0 Å². The van der Waals surface area contributed by atoms with Crippen molar-refractivity contribution in [3.05, 3.63) is 36.7 Å². The summed E-state index contributed by atoms with van der Waals surface area (Å²) in [5.41, 5.74) is 6.47. The van der Waals surface area contributed by atoms with Crippen molar-refractivity contribution in [1.82, 2.24) is 19.5 Å². The topological polar surface area (TPSA) is 69.6 Å². The van der Waals surface area contributed by atoms with Gasteiger partial charge >= 0.3 is 0 Å². The minimum Gasteiger partial charge on any atom is -0.330 e. The molecule has 0 aromatic carbocycles. The van der Waals surface area contributed by atoms with Crippen LogP contribution in [0, 0.1) is 0 Å². The van der Waals surface area contributed by atoms with Crippen LogP contribution in [0.5, 0.6) is 0 Å². The summed E-state index contributed by atoms with van der Waals surface area (Å²) in [5, 5.41) is 0. The average molecular weight is 189 g/mol. The molecule has 0 atom stereocenters. The monoisotopic (exact) mass is 189 g/mol. The summed E-state index contributed by atoms with van der Waals surface area (Å²) in [5.74, 6) is 0.628. The fraction of sp³-hybridized carbons (Fsp3) is 0.222. The highest BCUT2D eigenvalue weighted by molar-refractivity contribution is 5.14. The molecule has 0 radical (unpaired) electrons. The third kappa shape index (κ3) is 1.77. The van der Waals surface area contributed by atoms with E-state index in [1.807, 2.05) is 0 Å². The molecule has 0 aliphatic heterocycles. The normalized spacial score (nSPS) is 10.4. The minimum atomic E-state index is 0.619. The molecule has 0 saturated carbocycles. The van der Waals surface area contributed by atoms with E-state index >= 15 is 0 Å². The lowest BCUT2D eigenvalue weighted by atomic mass is 10.2. The summed E-state index contributed by atoms with van der Waals surface area (Å²) in [6.07, 6.45) is 9.54. The molecule has 2 heterocycles. The van der Waals surface area contributed by atoms with E-state index < -0.39 is 0 Å². The van der Waals surface area contributed by atoms with Crippen molar-refractivity contribution in [2.24, 2.45) is 5.73 Å². The maximum atomic E-state index is 5.42. The molecule has 5 heteroatoms. The first-order valence-electron chi connectivity index (χ1n) is 4.39. The Hall–Kier alpha value is -1.75. The van der Waals surface area contributed by atoms with Crippen LogP contribution in [0.4, 0.5) is 0 Å². The Kier molecular flexibility index (Phi) is 2.51. The van der Waals surface area contributed by atoms with E-state index in [0.717, 1.165) is 12.0 Å². The van der Waals surface area contributed by atoms with Crippen molar-refractivity contribution in [3.63, 3.8) is 0 Å². The quantitative estimate of drug-likeness (QED) is 0.746. The van der Waals surface area contributed by atoms with Crippen LogP contribution >= 0.6 is 0 Å². The highest BCUT2D eigenvalue weighted by atomic mass is 15.2. The van der Waals surface area contributed by atoms with E-state index in [2.05, 4.69) is 15.0 Å². The van der Waals surface area contributed by atoms with Gasteiger partial charge in [-0.3, -0.25) is 4.57 Å². The molecule has 2 aromatic heterocycles. The van der Waals surface area contributed by atoms with Gasteiger partial charge < -0.3 is 5.73 Å². The van der Waals surface area contributed by atoms with E-state index in [1.54, 1.807) is 35.7 Å². The van der Waals surface area contributed by atoms with Gasteiger partial charge in [0.25, 0.3) is 0 Å². The Morgan fingerprint density at radius 2 is 2.07 bits per heavy atom. The lowest BCUT2D eigenvalue weighted by Crippen LogP contribution is -2.05. The second kappa shape index (κ2) is 3.97. The summed E-state index contributed by atoms with van der Waals surface area (Å²) in [6.45, 7) is 0.619. The van der Waals surface area contributed by atoms with Crippen LogP contribution in [-0.2, 0) is 6.42 Å². The van der Waals surface area contributed by atoms with E-state index in [9.17, 15) is 0 Å².